The van der Waals surface area contributed by atoms with E-state index in [2.05, 4.69) is 27.6 Å². The molecule has 0 saturated carbocycles. The zero-order valence-electron chi connectivity index (χ0n) is 15.0. The number of carbonyl (C=O) groups excluding carboxylic acids is 1. The molecule has 1 aromatic carbocycles. The Morgan fingerprint density at radius 2 is 2.07 bits per heavy atom. The minimum atomic E-state index is -0.211. The predicted molar refractivity (Wildman–Crippen MR) is 110 cm³/mol. The molecule has 6 nitrogen and oxygen atoms in total. The fourth-order valence-corrected chi connectivity index (χ4v) is 3.93. The van der Waals surface area contributed by atoms with Gasteiger partial charge in [-0.05, 0) is 49.9 Å². The van der Waals surface area contributed by atoms with Crippen LogP contribution in [0, 0.1) is 0 Å². The van der Waals surface area contributed by atoms with Crippen LogP contribution >= 0.6 is 23.7 Å². The SMILES string of the molecule is CC1CC(NC(=O)c2nc(-c3cccs3)n(-c3ccccc3)n2)CCN1.Cl. The summed E-state index contributed by atoms with van der Waals surface area (Å²) in [4.78, 5) is 18.2. The van der Waals surface area contributed by atoms with Crippen LogP contribution in [0.1, 0.15) is 30.4 Å². The summed E-state index contributed by atoms with van der Waals surface area (Å²) in [5.41, 5.74) is 0.887. The molecule has 2 N–H and O–H groups in total. The van der Waals surface area contributed by atoms with E-state index in [-0.39, 0.29) is 30.2 Å². The smallest absolute Gasteiger partial charge is 0.291 e. The third-order valence-corrected chi connectivity index (χ3v) is 5.38. The van der Waals surface area contributed by atoms with Crippen LogP contribution in [-0.2, 0) is 0 Å². The number of para-hydroxylation sites is 1. The molecular formula is C19H22ClN5OS. The molecule has 27 heavy (non-hydrogen) atoms. The molecule has 3 heterocycles. The lowest BCUT2D eigenvalue weighted by atomic mass is 10.0. The molecule has 2 aromatic heterocycles. The molecule has 0 bridgehead atoms. The molecular weight excluding hydrogens is 382 g/mol. The highest BCUT2D eigenvalue weighted by Crippen LogP contribution is 2.25. The number of hydrogen-bond acceptors (Lipinski definition) is 5. The molecule has 8 heteroatoms. The Balaban J connectivity index is 0.00000210. The maximum Gasteiger partial charge on any atom is 0.291 e. The van der Waals surface area contributed by atoms with Gasteiger partial charge in [-0.3, -0.25) is 4.79 Å². The Bertz CT molecular complexity index is 881. The van der Waals surface area contributed by atoms with E-state index in [1.165, 1.54) is 0 Å². The van der Waals surface area contributed by atoms with Crippen LogP contribution < -0.4 is 10.6 Å². The number of thiophene rings is 1. The first kappa shape index (κ1) is 19.5. The number of carbonyl (C=O) groups is 1. The highest BCUT2D eigenvalue weighted by molar-refractivity contribution is 7.13. The van der Waals surface area contributed by atoms with Crippen LogP contribution in [0.4, 0.5) is 0 Å². The lowest BCUT2D eigenvalue weighted by Crippen LogP contribution is -2.46. The molecule has 0 spiro atoms. The lowest BCUT2D eigenvalue weighted by Gasteiger charge is -2.28. The summed E-state index contributed by atoms with van der Waals surface area (Å²) in [6, 6.07) is 14.3. The van der Waals surface area contributed by atoms with E-state index >= 15 is 0 Å². The minimum absolute atomic E-state index is 0. The van der Waals surface area contributed by atoms with Gasteiger partial charge in [0.25, 0.3) is 5.91 Å². The van der Waals surface area contributed by atoms with Gasteiger partial charge >= 0.3 is 0 Å². The molecule has 3 aromatic rings. The highest BCUT2D eigenvalue weighted by atomic mass is 35.5. The number of nitrogens with one attached hydrogen (secondary N) is 2. The molecule has 2 atom stereocenters. The van der Waals surface area contributed by atoms with Crippen molar-refractivity contribution in [3.8, 4) is 16.4 Å². The first-order chi connectivity index (χ1) is 12.7. The molecule has 1 amide bonds. The Kier molecular flexibility index (Phi) is 6.26. The van der Waals surface area contributed by atoms with Gasteiger partial charge in [0.05, 0.1) is 10.6 Å². The molecule has 4 rings (SSSR count). The average Bonchev–Trinajstić information content (AvgIpc) is 3.32. The molecule has 0 aliphatic carbocycles. The summed E-state index contributed by atoms with van der Waals surface area (Å²) in [5, 5.41) is 13.0. The second-order valence-corrected chi connectivity index (χ2v) is 7.48. The topological polar surface area (TPSA) is 71.8 Å². The fourth-order valence-electron chi connectivity index (χ4n) is 3.24. The van der Waals surface area contributed by atoms with Crippen LogP contribution in [-0.4, -0.2) is 39.3 Å². The number of hydrogen-bond donors (Lipinski definition) is 2. The second kappa shape index (κ2) is 8.65. The minimum Gasteiger partial charge on any atom is -0.346 e. The quantitative estimate of drug-likeness (QED) is 0.701. The van der Waals surface area contributed by atoms with Gasteiger partial charge in [0.15, 0.2) is 5.82 Å². The third kappa shape index (κ3) is 4.37. The number of benzene rings is 1. The van der Waals surface area contributed by atoms with E-state index < -0.39 is 0 Å². The van der Waals surface area contributed by atoms with Crippen molar-refractivity contribution in [3.63, 3.8) is 0 Å². The van der Waals surface area contributed by atoms with E-state index in [1.54, 1.807) is 16.0 Å². The van der Waals surface area contributed by atoms with E-state index in [0.717, 1.165) is 30.0 Å². The van der Waals surface area contributed by atoms with Crippen molar-refractivity contribution in [2.24, 2.45) is 0 Å². The Morgan fingerprint density at radius 1 is 1.26 bits per heavy atom. The second-order valence-electron chi connectivity index (χ2n) is 6.53. The first-order valence-corrected chi connectivity index (χ1v) is 9.69. The van der Waals surface area contributed by atoms with Crippen molar-refractivity contribution in [1.82, 2.24) is 25.4 Å². The molecule has 0 radical (unpaired) electrons. The first-order valence-electron chi connectivity index (χ1n) is 8.81. The summed E-state index contributed by atoms with van der Waals surface area (Å²) < 4.78 is 1.74. The van der Waals surface area contributed by atoms with E-state index in [1.807, 2.05) is 47.8 Å². The van der Waals surface area contributed by atoms with Crippen molar-refractivity contribution >= 4 is 29.7 Å². The number of rotatable bonds is 4. The van der Waals surface area contributed by atoms with Crippen molar-refractivity contribution in [1.29, 1.82) is 0 Å². The summed E-state index contributed by atoms with van der Waals surface area (Å²) in [7, 11) is 0. The fraction of sp³-hybridized carbons (Fsp3) is 0.316. The molecule has 1 aliphatic heterocycles. The molecule has 142 valence electrons. The van der Waals surface area contributed by atoms with Gasteiger partial charge in [-0.15, -0.1) is 28.8 Å². The summed E-state index contributed by atoms with van der Waals surface area (Å²) in [6.07, 6.45) is 1.84. The highest BCUT2D eigenvalue weighted by Gasteiger charge is 2.24. The average molecular weight is 404 g/mol. The third-order valence-electron chi connectivity index (χ3n) is 4.51. The van der Waals surface area contributed by atoms with Gasteiger partial charge in [-0.2, -0.15) is 0 Å². The van der Waals surface area contributed by atoms with Gasteiger partial charge in [0.1, 0.15) is 0 Å². The molecule has 1 fully saturated rings. The number of piperidine rings is 1. The van der Waals surface area contributed by atoms with Crippen molar-refractivity contribution in [2.45, 2.75) is 31.8 Å². The number of nitrogens with zero attached hydrogens (tertiary/aromatic N) is 3. The lowest BCUT2D eigenvalue weighted by molar-refractivity contribution is 0.0915. The summed E-state index contributed by atoms with van der Waals surface area (Å²) in [5.74, 6) is 0.690. The van der Waals surface area contributed by atoms with Crippen molar-refractivity contribution in [2.75, 3.05) is 6.54 Å². The van der Waals surface area contributed by atoms with Gasteiger partial charge in [-0.1, -0.05) is 24.3 Å². The summed E-state index contributed by atoms with van der Waals surface area (Å²) >= 11 is 1.58. The van der Waals surface area contributed by atoms with Crippen LogP contribution in [0.5, 0.6) is 0 Å². The van der Waals surface area contributed by atoms with E-state index in [9.17, 15) is 4.79 Å². The van der Waals surface area contributed by atoms with E-state index in [4.69, 9.17) is 0 Å². The van der Waals surface area contributed by atoms with Gasteiger partial charge in [0.2, 0.25) is 5.82 Å². The largest absolute Gasteiger partial charge is 0.346 e. The van der Waals surface area contributed by atoms with Gasteiger partial charge in [0, 0.05) is 12.1 Å². The Labute approximate surface area is 168 Å². The monoisotopic (exact) mass is 403 g/mol. The van der Waals surface area contributed by atoms with Gasteiger partial charge in [-0.25, -0.2) is 9.67 Å². The van der Waals surface area contributed by atoms with Crippen molar-refractivity contribution < 1.29 is 4.79 Å². The normalized spacial score (nSPS) is 19.3. The van der Waals surface area contributed by atoms with Crippen LogP contribution in [0.15, 0.2) is 47.8 Å². The van der Waals surface area contributed by atoms with Crippen molar-refractivity contribution in [3.05, 3.63) is 53.7 Å². The Morgan fingerprint density at radius 3 is 2.78 bits per heavy atom. The standard InChI is InChI=1S/C19H21N5OS.ClH/c1-13-12-14(9-10-20-13)21-19(25)17-22-18(16-8-5-11-26-16)24(23-17)15-6-3-2-4-7-15;/h2-8,11,13-14,20H,9-10,12H2,1H3,(H,21,25);1H. The van der Waals surface area contributed by atoms with Crippen LogP contribution in [0.2, 0.25) is 0 Å². The van der Waals surface area contributed by atoms with Crippen LogP contribution in [0.25, 0.3) is 16.4 Å². The maximum atomic E-state index is 12.7. The van der Waals surface area contributed by atoms with E-state index in [0.29, 0.717) is 11.9 Å². The van der Waals surface area contributed by atoms with Gasteiger partial charge < -0.3 is 10.6 Å². The zero-order chi connectivity index (χ0) is 17.9. The number of halogens is 1. The zero-order valence-corrected chi connectivity index (χ0v) is 16.6. The van der Waals surface area contributed by atoms with Crippen LogP contribution in [0.3, 0.4) is 0 Å². The molecule has 2 unspecified atom stereocenters. The predicted octanol–water partition coefficient (Wildman–Crippen LogP) is 3.29. The summed E-state index contributed by atoms with van der Waals surface area (Å²) in [6.45, 7) is 3.05. The maximum absolute atomic E-state index is 12.7. The molecule has 1 aliphatic rings. The molecule has 1 saturated heterocycles. The number of amides is 1. The Hall–Kier alpha value is -2.22. The number of aromatic nitrogens is 3.